The summed E-state index contributed by atoms with van der Waals surface area (Å²) in [5.74, 6) is 2.56. The Balaban J connectivity index is 2.34. The quantitative estimate of drug-likeness (QED) is 0.487. The van der Waals surface area contributed by atoms with Crippen molar-refractivity contribution in [3.63, 3.8) is 0 Å². The number of carbonyl (C=O) groups is 1. The second-order valence-electron chi connectivity index (χ2n) is 3.75. The van der Waals surface area contributed by atoms with E-state index in [1.807, 2.05) is 24.3 Å². The molecule has 0 aromatic heterocycles. The van der Waals surface area contributed by atoms with E-state index in [2.05, 4.69) is 27.2 Å². The molecule has 0 bridgehead atoms. The molecule has 0 radical (unpaired) electrons. The van der Waals surface area contributed by atoms with E-state index in [0.717, 1.165) is 30.2 Å². The van der Waals surface area contributed by atoms with Gasteiger partial charge in [0, 0.05) is 23.9 Å². The summed E-state index contributed by atoms with van der Waals surface area (Å²) in [5, 5.41) is 3.68. The standard InChI is InChI=1S/C14H16BrNO/c1-2-3-4-5-10-16-14(17)13-8-6-12(11-15)7-9-13/h1,6-9H,3-5,10-11H2,(H,16,17). The Morgan fingerprint density at radius 2 is 2.00 bits per heavy atom. The number of unbranched alkanes of at least 4 members (excludes halogenated alkanes) is 2. The second kappa shape index (κ2) is 7.92. The first-order chi connectivity index (χ1) is 8.27. The molecule has 0 spiro atoms. The van der Waals surface area contributed by atoms with Gasteiger partial charge in [-0.15, -0.1) is 12.3 Å². The van der Waals surface area contributed by atoms with Gasteiger partial charge in [0.2, 0.25) is 0 Å². The van der Waals surface area contributed by atoms with Crippen molar-refractivity contribution in [1.29, 1.82) is 0 Å². The van der Waals surface area contributed by atoms with Gasteiger partial charge in [-0.1, -0.05) is 28.1 Å². The lowest BCUT2D eigenvalue weighted by Gasteiger charge is -2.05. The van der Waals surface area contributed by atoms with Crippen LogP contribution in [0, 0.1) is 12.3 Å². The van der Waals surface area contributed by atoms with Crippen LogP contribution in [-0.2, 0) is 5.33 Å². The van der Waals surface area contributed by atoms with Crippen LogP contribution in [0.5, 0.6) is 0 Å². The van der Waals surface area contributed by atoms with Crippen molar-refractivity contribution in [2.45, 2.75) is 24.6 Å². The van der Waals surface area contributed by atoms with Crippen LogP contribution < -0.4 is 5.32 Å². The van der Waals surface area contributed by atoms with E-state index >= 15 is 0 Å². The molecule has 1 rings (SSSR count). The summed E-state index contributed by atoms with van der Waals surface area (Å²) in [5.41, 5.74) is 1.86. The number of nitrogens with one attached hydrogen (secondary N) is 1. The first-order valence-corrected chi connectivity index (χ1v) is 6.76. The van der Waals surface area contributed by atoms with Gasteiger partial charge in [0.15, 0.2) is 0 Å². The van der Waals surface area contributed by atoms with Crippen LogP contribution in [-0.4, -0.2) is 12.5 Å². The Labute approximate surface area is 111 Å². The fourth-order valence-electron chi connectivity index (χ4n) is 1.40. The zero-order valence-corrected chi connectivity index (χ0v) is 11.3. The van der Waals surface area contributed by atoms with Gasteiger partial charge in [0.25, 0.3) is 5.91 Å². The summed E-state index contributed by atoms with van der Waals surface area (Å²) in [4.78, 5) is 11.7. The number of terminal acetylenes is 1. The fraction of sp³-hybridized carbons (Fsp3) is 0.357. The monoisotopic (exact) mass is 293 g/mol. The maximum absolute atomic E-state index is 11.7. The highest BCUT2D eigenvalue weighted by Crippen LogP contribution is 2.07. The Morgan fingerprint density at radius 1 is 1.29 bits per heavy atom. The summed E-state index contributed by atoms with van der Waals surface area (Å²) in [6.07, 6.45) is 7.81. The lowest BCUT2D eigenvalue weighted by atomic mass is 10.1. The molecule has 1 N–H and O–H groups in total. The molecule has 0 saturated heterocycles. The molecule has 0 unspecified atom stereocenters. The van der Waals surface area contributed by atoms with E-state index in [0.29, 0.717) is 12.1 Å². The predicted molar refractivity (Wildman–Crippen MR) is 74.1 cm³/mol. The number of carbonyl (C=O) groups excluding carboxylic acids is 1. The van der Waals surface area contributed by atoms with Crippen LogP contribution in [0.4, 0.5) is 0 Å². The molecule has 90 valence electrons. The Bertz CT molecular complexity index is 392. The van der Waals surface area contributed by atoms with Crippen molar-refractivity contribution < 1.29 is 4.79 Å². The minimum absolute atomic E-state index is 0.0215. The van der Waals surface area contributed by atoms with Crippen LogP contribution in [0.15, 0.2) is 24.3 Å². The van der Waals surface area contributed by atoms with Gasteiger partial charge in [-0.25, -0.2) is 0 Å². The summed E-state index contributed by atoms with van der Waals surface area (Å²) >= 11 is 3.37. The van der Waals surface area contributed by atoms with Crippen molar-refractivity contribution in [3.8, 4) is 12.3 Å². The summed E-state index contributed by atoms with van der Waals surface area (Å²) in [6.45, 7) is 0.681. The largest absolute Gasteiger partial charge is 0.352 e. The second-order valence-corrected chi connectivity index (χ2v) is 4.31. The average Bonchev–Trinajstić information content (AvgIpc) is 2.38. The van der Waals surface area contributed by atoms with Gasteiger partial charge in [-0.3, -0.25) is 4.79 Å². The molecule has 1 aromatic carbocycles. The molecule has 1 aromatic rings. The lowest BCUT2D eigenvalue weighted by molar-refractivity contribution is 0.0953. The third-order valence-electron chi connectivity index (χ3n) is 2.40. The zero-order chi connectivity index (χ0) is 12.5. The highest BCUT2D eigenvalue weighted by Gasteiger charge is 2.03. The number of halogens is 1. The molecule has 0 saturated carbocycles. The fourth-order valence-corrected chi connectivity index (χ4v) is 1.78. The Kier molecular flexibility index (Phi) is 6.42. The minimum atomic E-state index is -0.0215. The molecule has 1 amide bonds. The molecule has 0 heterocycles. The van der Waals surface area contributed by atoms with Gasteiger partial charge in [0.1, 0.15) is 0 Å². The topological polar surface area (TPSA) is 29.1 Å². The zero-order valence-electron chi connectivity index (χ0n) is 9.71. The average molecular weight is 294 g/mol. The van der Waals surface area contributed by atoms with E-state index in [4.69, 9.17) is 6.42 Å². The van der Waals surface area contributed by atoms with E-state index in [1.165, 1.54) is 0 Å². The maximum Gasteiger partial charge on any atom is 0.251 e. The smallest absolute Gasteiger partial charge is 0.251 e. The molecule has 17 heavy (non-hydrogen) atoms. The molecule has 0 aliphatic heterocycles. The summed E-state index contributed by atoms with van der Waals surface area (Å²) in [7, 11) is 0. The molecule has 3 heteroatoms. The van der Waals surface area contributed by atoms with Crippen molar-refractivity contribution in [2.24, 2.45) is 0 Å². The van der Waals surface area contributed by atoms with Crippen molar-refractivity contribution in [3.05, 3.63) is 35.4 Å². The Hall–Kier alpha value is -1.27. The van der Waals surface area contributed by atoms with E-state index in [9.17, 15) is 4.79 Å². The number of hydrogen-bond acceptors (Lipinski definition) is 1. The van der Waals surface area contributed by atoms with E-state index in [-0.39, 0.29) is 5.91 Å². The van der Waals surface area contributed by atoms with Crippen LogP contribution in [0.3, 0.4) is 0 Å². The van der Waals surface area contributed by atoms with Crippen LogP contribution in [0.2, 0.25) is 0 Å². The Morgan fingerprint density at radius 3 is 2.59 bits per heavy atom. The summed E-state index contributed by atoms with van der Waals surface area (Å²) < 4.78 is 0. The van der Waals surface area contributed by atoms with Crippen LogP contribution in [0.1, 0.15) is 35.2 Å². The van der Waals surface area contributed by atoms with Crippen LogP contribution >= 0.6 is 15.9 Å². The van der Waals surface area contributed by atoms with Crippen molar-refractivity contribution in [2.75, 3.05) is 6.54 Å². The number of rotatable bonds is 6. The molecule has 2 nitrogen and oxygen atoms in total. The predicted octanol–water partition coefficient (Wildman–Crippen LogP) is 3.11. The first-order valence-electron chi connectivity index (χ1n) is 5.64. The van der Waals surface area contributed by atoms with Crippen molar-refractivity contribution >= 4 is 21.8 Å². The lowest BCUT2D eigenvalue weighted by Crippen LogP contribution is -2.24. The van der Waals surface area contributed by atoms with E-state index < -0.39 is 0 Å². The molecule has 0 fully saturated rings. The number of alkyl halides is 1. The number of amides is 1. The highest BCUT2D eigenvalue weighted by atomic mass is 79.9. The molecule has 0 atom stereocenters. The normalized spacial score (nSPS) is 9.65. The molecular weight excluding hydrogens is 278 g/mol. The summed E-state index contributed by atoms with van der Waals surface area (Å²) in [6, 6.07) is 7.57. The minimum Gasteiger partial charge on any atom is -0.352 e. The van der Waals surface area contributed by atoms with E-state index in [1.54, 1.807) is 0 Å². The maximum atomic E-state index is 11.7. The first kappa shape index (κ1) is 13.8. The van der Waals surface area contributed by atoms with Gasteiger partial charge in [0.05, 0.1) is 0 Å². The third-order valence-corrected chi connectivity index (χ3v) is 3.05. The number of benzene rings is 1. The highest BCUT2D eigenvalue weighted by molar-refractivity contribution is 9.08. The van der Waals surface area contributed by atoms with Gasteiger partial charge >= 0.3 is 0 Å². The van der Waals surface area contributed by atoms with Crippen LogP contribution in [0.25, 0.3) is 0 Å². The van der Waals surface area contributed by atoms with Gasteiger partial charge in [-0.2, -0.15) is 0 Å². The van der Waals surface area contributed by atoms with Gasteiger partial charge in [-0.05, 0) is 30.5 Å². The molecule has 0 aliphatic carbocycles. The van der Waals surface area contributed by atoms with Gasteiger partial charge < -0.3 is 5.32 Å². The number of hydrogen-bond donors (Lipinski definition) is 1. The van der Waals surface area contributed by atoms with Crippen molar-refractivity contribution in [1.82, 2.24) is 5.32 Å². The SMILES string of the molecule is C#CCCCCNC(=O)c1ccc(CBr)cc1. The molecular formula is C14H16BrNO. The molecule has 0 aliphatic rings. The third kappa shape index (κ3) is 5.06.